The van der Waals surface area contributed by atoms with Crippen LogP contribution < -0.4 is 10.6 Å². The predicted molar refractivity (Wildman–Crippen MR) is 89.3 cm³/mol. The lowest BCUT2D eigenvalue weighted by Gasteiger charge is -2.24. The minimum atomic E-state index is -0.167. The third-order valence-electron chi connectivity index (χ3n) is 3.03. The van der Waals surface area contributed by atoms with Crippen LogP contribution in [0.5, 0.6) is 0 Å². The smallest absolute Gasteiger partial charge is 0.258 e. The van der Waals surface area contributed by atoms with Gasteiger partial charge in [0.25, 0.3) is 5.91 Å². The molecule has 2 aromatic rings. The fraction of sp³-hybridized carbons (Fsp3) is 0.188. The van der Waals surface area contributed by atoms with Crippen molar-refractivity contribution in [1.29, 1.82) is 0 Å². The Morgan fingerprint density at radius 2 is 1.76 bits per heavy atom. The molecule has 5 heteroatoms. The largest absolute Gasteiger partial charge is 0.397 e. The Morgan fingerprint density at radius 3 is 2.33 bits per heavy atom. The molecule has 0 unspecified atom stereocenters. The molecule has 0 bridgehead atoms. The molecular weight excluding hydrogens is 307 g/mol. The highest BCUT2D eigenvalue weighted by Crippen LogP contribution is 2.26. The minimum absolute atomic E-state index is 0.167. The van der Waals surface area contributed by atoms with Gasteiger partial charge in [0.2, 0.25) is 0 Å². The van der Waals surface area contributed by atoms with Crippen LogP contribution in [0, 0.1) is 0 Å². The van der Waals surface area contributed by atoms with Gasteiger partial charge in [-0.2, -0.15) is 0 Å². The summed E-state index contributed by atoms with van der Waals surface area (Å²) >= 11 is 11.9. The Labute approximate surface area is 134 Å². The number of carbonyl (C=O) groups is 1. The molecule has 3 nitrogen and oxygen atoms in total. The van der Waals surface area contributed by atoms with E-state index in [2.05, 4.69) is 0 Å². The second kappa shape index (κ2) is 6.83. The predicted octanol–water partition coefficient (Wildman–Crippen LogP) is 4.63. The van der Waals surface area contributed by atoms with E-state index in [1.54, 1.807) is 29.2 Å². The van der Waals surface area contributed by atoms with Gasteiger partial charge >= 0.3 is 0 Å². The molecule has 0 aliphatic heterocycles. The van der Waals surface area contributed by atoms with E-state index in [1.165, 1.54) is 0 Å². The Balaban J connectivity index is 2.42. The molecule has 2 aromatic carbocycles. The van der Waals surface area contributed by atoms with Crippen molar-refractivity contribution < 1.29 is 4.79 Å². The number of amides is 1. The number of para-hydroxylation sites is 2. The molecule has 0 fully saturated rings. The zero-order chi connectivity index (χ0) is 15.4. The molecule has 2 rings (SSSR count). The Morgan fingerprint density at radius 1 is 1.14 bits per heavy atom. The fourth-order valence-electron chi connectivity index (χ4n) is 2.12. The van der Waals surface area contributed by atoms with E-state index in [0.717, 1.165) is 6.42 Å². The van der Waals surface area contributed by atoms with Crippen molar-refractivity contribution in [2.45, 2.75) is 13.3 Å². The van der Waals surface area contributed by atoms with Crippen molar-refractivity contribution in [3.63, 3.8) is 0 Å². The summed E-state index contributed by atoms with van der Waals surface area (Å²) in [7, 11) is 0. The standard InChI is InChI=1S/C16H16Cl2N2O/c1-2-7-20(15-6-4-3-5-14(15)19)16(21)11-8-12(17)10-13(18)9-11/h3-6,8-10H,2,7,19H2,1H3. The second-order valence-electron chi connectivity index (χ2n) is 4.67. The van der Waals surface area contributed by atoms with Gasteiger partial charge in [-0.15, -0.1) is 0 Å². The van der Waals surface area contributed by atoms with Gasteiger partial charge in [-0.25, -0.2) is 0 Å². The van der Waals surface area contributed by atoms with Gasteiger partial charge in [0, 0.05) is 22.2 Å². The van der Waals surface area contributed by atoms with Gasteiger partial charge in [-0.05, 0) is 36.8 Å². The zero-order valence-corrected chi connectivity index (χ0v) is 13.2. The molecule has 0 radical (unpaired) electrons. The van der Waals surface area contributed by atoms with Gasteiger partial charge in [-0.1, -0.05) is 42.3 Å². The molecular formula is C16H16Cl2N2O. The van der Waals surface area contributed by atoms with Gasteiger partial charge in [0.1, 0.15) is 0 Å². The minimum Gasteiger partial charge on any atom is -0.397 e. The monoisotopic (exact) mass is 322 g/mol. The number of nitrogen functional groups attached to an aromatic ring is 1. The number of nitrogens with zero attached hydrogens (tertiary/aromatic N) is 1. The first-order chi connectivity index (χ1) is 10.0. The van der Waals surface area contributed by atoms with E-state index < -0.39 is 0 Å². The lowest BCUT2D eigenvalue weighted by Crippen LogP contribution is -2.32. The molecule has 0 aliphatic rings. The first-order valence-corrected chi connectivity index (χ1v) is 7.41. The van der Waals surface area contributed by atoms with Gasteiger partial charge in [0.15, 0.2) is 0 Å². The molecule has 21 heavy (non-hydrogen) atoms. The van der Waals surface area contributed by atoms with E-state index in [0.29, 0.717) is 33.5 Å². The maximum Gasteiger partial charge on any atom is 0.258 e. The van der Waals surface area contributed by atoms with Gasteiger partial charge in [-0.3, -0.25) is 4.79 Å². The van der Waals surface area contributed by atoms with Crippen molar-refractivity contribution in [3.05, 3.63) is 58.1 Å². The van der Waals surface area contributed by atoms with E-state index in [-0.39, 0.29) is 5.91 Å². The number of halogens is 2. The van der Waals surface area contributed by atoms with Crippen LogP contribution in [0.4, 0.5) is 11.4 Å². The molecule has 110 valence electrons. The average molecular weight is 323 g/mol. The van der Waals surface area contributed by atoms with E-state index in [1.807, 2.05) is 25.1 Å². The highest BCUT2D eigenvalue weighted by molar-refractivity contribution is 6.35. The first-order valence-electron chi connectivity index (χ1n) is 6.65. The van der Waals surface area contributed by atoms with Crippen LogP contribution in [-0.2, 0) is 0 Å². The Bertz CT molecular complexity index is 638. The summed E-state index contributed by atoms with van der Waals surface area (Å²) in [6, 6.07) is 12.1. The van der Waals surface area contributed by atoms with Crippen LogP contribution in [0.25, 0.3) is 0 Å². The van der Waals surface area contributed by atoms with Crippen LogP contribution in [-0.4, -0.2) is 12.5 Å². The fourth-order valence-corrected chi connectivity index (χ4v) is 2.65. The molecule has 0 aliphatic carbocycles. The summed E-state index contributed by atoms with van der Waals surface area (Å²) < 4.78 is 0. The number of rotatable bonds is 4. The topological polar surface area (TPSA) is 46.3 Å². The summed E-state index contributed by atoms with van der Waals surface area (Å²) in [5.41, 5.74) is 7.69. The number of anilines is 2. The third kappa shape index (κ3) is 3.69. The van der Waals surface area contributed by atoms with Crippen molar-refractivity contribution >= 4 is 40.5 Å². The highest BCUT2D eigenvalue weighted by atomic mass is 35.5. The summed E-state index contributed by atoms with van der Waals surface area (Å²) in [4.78, 5) is 14.4. The quantitative estimate of drug-likeness (QED) is 0.834. The van der Waals surface area contributed by atoms with E-state index in [4.69, 9.17) is 28.9 Å². The third-order valence-corrected chi connectivity index (χ3v) is 3.47. The summed E-state index contributed by atoms with van der Waals surface area (Å²) in [5, 5.41) is 0.867. The van der Waals surface area contributed by atoms with Crippen LogP contribution in [0.15, 0.2) is 42.5 Å². The number of nitrogens with two attached hydrogens (primary N) is 1. The average Bonchev–Trinajstić information content (AvgIpc) is 2.44. The van der Waals surface area contributed by atoms with Crippen molar-refractivity contribution in [3.8, 4) is 0 Å². The van der Waals surface area contributed by atoms with Crippen LogP contribution in [0.2, 0.25) is 10.0 Å². The number of hydrogen-bond acceptors (Lipinski definition) is 2. The van der Waals surface area contributed by atoms with Crippen molar-refractivity contribution in [2.75, 3.05) is 17.2 Å². The normalized spacial score (nSPS) is 10.4. The van der Waals surface area contributed by atoms with Crippen molar-refractivity contribution in [1.82, 2.24) is 0 Å². The molecule has 1 amide bonds. The SMILES string of the molecule is CCCN(C(=O)c1cc(Cl)cc(Cl)c1)c1ccccc1N. The molecule has 0 saturated carbocycles. The van der Waals surface area contributed by atoms with E-state index >= 15 is 0 Å². The first kappa shape index (κ1) is 15.7. The number of carbonyl (C=O) groups excluding carboxylic acids is 1. The summed E-state index contributed by atoms with van der Waals surface area (Å²) in [6.45, 7) is 2.57. The van der Waals surface area contributed by atoms with Crippen LogP contribution in [0.1, 0.15) is 23.7 Å². The number of hydrogen-bond donors (Lipinski definition) is 1. The zero-order valence-electron chi connectivity index (χ0n) is 11.6. The van der Waals surface area contributed by atoms with Crippen molar-refractivity contribution in [2.24, 2.45) is 0 Å². The maximum atomic E-state index is 12.7. The Hall–Kier alpha value is -1.71. The van der Waals surface area contributed by atoms with Crippen LogP contribution >= 0.6 is 23.2 Å². The number of benzene rings is 2. The Kier molecular flexibility index (Phi) is 5.10. The molecule has 0 aromatic heterocycles. The molecule has 0 heterocycles. The van der Waals surface area contributed by atoms with Gasteiger partial charge < -0.3 is 10.6 Å². The van der Waals surface area contributed by atoms with Crippen LogP contribution in [0.3, 0.4) is 0 Å². The van der Waals surface area contributed by atoms with Gasteiger partial charge in [0.05, 0.1) is 11.4 Å². The summed E-state index contributed by atoms with van der Waals surface area (Å²) in [5.74, 6) is -0.167. The molecule has 0 spiro atoms. The molecule has 2 N–H and O–H groups in total. The molecule has 0 atom stereocenters. The lowest BCUT2D eigenvalue weighted by atomic mass is 10.1. The van der Waals surface area contributed by atoms with E-state index in [9.17, 15) is 4.79 Å². The second-order valence-corrected chi connectivity index (χ2v) is 5.55. The lowest BCUT2D eigenvalue weighted by molar-refractivity contribution is 0.0987. The maximum absolute atomic E-state index is 12.7. The highest BCUT2D eigenvalue weighted by Gasteiger charge is 2.19. The molecule has 0 saturated heterocycles. The summed E-state index contributed by atoms with van der Waals surface area (Å²) in [6.07, 6.45) is 0.814.